The van der Waals surface area contributed by atoms with Crippen molar-refractivity contribution < 1.29 is 5.11 Å². The van der Waals surface area contributed by atoms with E-state index in [1.807, 2.05) is 66.7 Å². The van der Waals surface area contributed by atoms with Crippen molar-refractivity contribution in [1.82, 2.24) is 0 Å². The second-order valence-corrected chi connectivity index (χ2v) is 7.05. The molecule has 25 heavy (non-hydrogen) atoms. The molecule has 0 radical (unpaired) electrons. The first kappa shape index (κ1) is 17.4. The van der Waals surface area contributed by atoms with Crippen molar-refractivity contribution in [3.8, 4) is 0 Å². The average molecular weight is 330 g/mol. The zero-order chi connectivity index (χ0) is 17.8. The topological polar surface area (TPSA) is 20.2 Å². The third-order valence-corrected chi connectivity index (χ3v) is 5.40. The zero-order valence-corrected chi connectivity index (χ0v) is 15.0. The van der Waals surface area contributed by atoms with Gasteiger partial charge >= 0.3 is 0 Å². The highest BCUT2D eigenvalue weighted by molar-refractivity contribution is 5.38. The van der Waals surface area contributed by atoms with Crippen molar-refractivity contribution in [3.63, 3.8) is 0 Å². The van der Waals surface area contributed by atoms with E-state index in [2.05, 4.69) is 38.1 Å². The predicted molar refractivity (Wildman–Crippen MR) is 105 cm³/mol. The Balaban J connectivity index is 2.10. The van der Waals surface area contributed by atoms with E-state index in [-0.39, 0.29) is 5.41 Å². The van der Waals surface area contributed by atoms with Crippen LogP contribution in [0.1, 0.15) is 43.4 Å². The van der Waals surface area contributed by atoms with Gasteiger partial charge in [0.2, 0.25) is 0 Å². The van der Waals surface area contributed by atoms with Gasteiger partial charge in [-0.05, 0) is 34.9 Å². The van der Waals surface area contributed by atoms with Crippen molar-refractivity contribution >= 4 is 0 Å². The maximum Gasteiger partial charge on any atom is 0.115 e. The van der Waals surface area contributed by atoms with Gasteiger partial charge in [-0.1, -0.05) is 105 Å². The van der Waals surface area contributed by atoms with Gasteiger partial charge in [-0.2, -0.15) is 0 Å². The molecule has 0 spiro atoms. The quantitative estimate of drug-likeness (QED) is 0.616. The normalized spacial score (nSPS) is 14.0. The summed E-state index contributed by atoms with van der Waals surface area (Å²) in [6.45, 7) is 4.45. The Hall–Kier alpha value is -2.38. The van der Waals surface area contributed by atoms with Crippen molar-refractivity contribution in [2.24, 2.45) is 0 Å². The molecular formula is C24H26O. The minimum absolute atomic E-state index is 0.123. The largest absolute Gasteiger partial charge is 0.380 e. The lowest BCUT2D eigenvalue weighted by Crippen LogP contribution is -2.37. The Morgan fingerprint density at radius 3 is 1.36 bits per heavy atom. The highest BCUT2D eigenvalue weighted by atomic mass is 16.3. The molecule has 0 aliphatic rings. The summed E-state index contributed by atoms with van der Waals surface area (Å²) in [6, 6.07) is 30.6. The lowest BCUT2D eigenvalue weighted by molar-refractivity contribution is 0.0451. The molecule has 1 N–H and O–H groups in total. The highest BCUT2D eigenvalue weighted by Crippen LogP contribution is 2.43. The third-order valence-electron chi connectivity index (χ3n) is 5.40. The van der Waals surface area contributed by atoms with Crippen LogP contribution in [0.4, 0.5) is 0 Å². The molecule has 0 amide bonds. The molecular weight excluding hydrogens is 304 g/mol. The first-order valence-electron chi connectivity index (χ1n) is 8.97. The molecule has 0 bridgehead atoms. The maximum absolute atomic E-state index is 11.9. The number of rotatable bonds is 6. The zero-order valence-electron chi connectivity index (χ0n) is 15.0. The van der Waals surface area contributed by atoms with Crippen LogP contribution in [0, 0.1) is 0 Å². The molecule has 128 valence electrons. The summed E-state index contributed by atoms with van der Waals surface area (Å²) in [5.74, 6) is 0. The fraction of sp³-hybridized carbons (Fsp3) is 0.250. The van der Waals surface area contributed by atoms with Crippen LogP contribution in [0.25, 0.3) is 0 Å². The van der Waals surface area contributed by atoms with Crippen LogP contribution in [0.2, 0.25) is 0 Å². The smallest absolute Gasteiger partial charge is 0.115 e. The van der Waals surface area contributed by atoms with Crippen LogP contribution in [0.3, 0.4) is 0 Å². The summed E-state index contributed by atoms with van der Waals surface area (Å²) < 4.78 is 0. The van der Waals surface area contributed by atoms with Gasteiger partial charge < -0.3 is 5.11 Å². The van der Waals surface area contributed by atoms with Crippen LogP contribution in [0.15, 0.2) is 91.0 Å². The molecule has 1 atom stereocenters. The molecule has 0 heterocycles. The Labute approximate surface area is 151 Å². The first-order valence-corrected chi connectivity index (χ1v) is 8.97. The minimum atomic E-state index is -1.02. The van der Waals surface area contributed by atoms with E-state index < -0.39 is 5.60 Å². The van der Waals surface area contributed by atoms with Crippen LogP contribution < -0.4 is 0 Å². The van der Waals surface area contributed by atoms with E-state index in [4.69, 9.17) is 0 Å². The monoisotopic (exact) mass is 330 g/mol. The molecule has 0 saturated carbocycles. The van der Waals surface area contributed by atoms with E-state index in [9.17, 15) is 5.11 Å². The first-order chi connectivity index (χ1) is 12.1. The van der Waals surface area contributed by atoms with Gasteiger partial charge in [-0.25, -0.2) is 0 Å². The number of aliphatic hydroxyl groups is 1. The van der Waals surface area contributed by atoms with Crippen molar-refractivity contribution in [2.75, 3.05) is 0 Å². The lowest BCUT2D eigenvalue weighted by Gasteiger charge is -2.39. The van der Waals surface area contributed by atoms with E-state index in [0.717, 1.165) is 17.5 Å². The lowest BCUT2D eigenvalue weighted by atomic mass is 9.68. The summed E-state index contributed by atoms with van der Waals surface area (Å²) in [6.07, 6.45) is 1.59. The van der Waals surface area contributed by atoms with E-state index in [0.29, 0.717) is 6.42 Å². The van der Waals surface area contributed by atoms with Crippen molar-refractivity contribution in [3.05, 3.63) is 108 Å². The van der Waals surface area contributed by atoms with Crippen molar-refractivity contribution in [2.45, 2.75) is 37.7 Å². The number of hydrogen-bond acceptors (Lipinski definition) is 1. The van der Waals surface area contributed by atoms with Crippen LogP contribution in [-0.2, 0) is 11.0 Å². The van der Waals surface area contributed by atoms with Crippen LogP contribution >= 0.6 is 0 Å². The fourth-order valence-corrected chi connectivity index (χ4v) is 3.63. The molecule has 1 heteroatoms. The molecule has 0 unspecified atom stereocenters. The van der Waals surface area contributed by atoms with Gasteiger partial charge in [0.25, 0.3) is 0 Å². The van der Waals surface area contributed by atoms with Crippen molar-refractivity contribution in [1.29, 1.82) is 0 Å². The van der Waals surface area contributed by atoms with Crippen LogP contribution in [-0.4, -0.2) is 5.11 Å². The van der Waals surface area contributed by atoms with Gasteiger partial charge in [0.05, 0.1) is 0 Å². The summed E-state index contributed by atoms with van der Waals surface area (Å²) in [5.41, 5.74) is 2.00. The SMILES string of the molecule is CC[C@](C)(CC(O)(c1ccccc1)c1ccccc1)c1ccccc1. The summed E-state index contributed by atoms with van der Waals surface area (Å²) in [7, 11) is 0. The Morgan fingerprint density at radius 1 is 0.640 bits per heavy atom. The number of hydrogen-bond donors (Lipinski definition) is 1. The summed E-state index contributed by atoms with van der Waals surface area (Å²) in [4.78, 5) is 0. The Morgan fingerprint density at radius 2 is 1.00 bits per heavy atom. The third kappa shape index (κ3) is 3.52. The van der Waals surface area contributed by atoms with Gasteiger partial charge in [0, 0.05) is 0 Å². The standard InChI is InChI=1S/C24H26O/c1-3-23(2,20-13-7-4-8-14-20)19-24(25,21-15-9-5-10-16-21)22-17-11-6-12-18-22/h4-18,25H,3,19H2,1-2H3/t23-/m1/s1. The molecule has 0 aliphatic carbocycles. The highest BCUT2D eigenvalue weighted by Gasteiger charge is 2.39. The van der Waals surface area contributed by atoms with E-state index in [1.54, 1.807) is 0 Å². The molecule has 0 saturated heterocycles. The molecule has 0 aliphatic heterocycles. The molecule has 3 aromatic rings. The minimum Gasteiger partial charge on any atom is -0.380 e. The Bertz CT molecular complexity index is 741. The predicted octanol–water partition coefficient (Wildman–Crippen LogP) is 5.68. The Kier molecular flexibility index (Phi) is 5.06. The second kappa shape index (κ2) is 7.25. The van der Waals surface area contributed by atoms with Gasteiger partial charge in [-0.3, -0.25) is 0 Å². The van der Waals surface area contributed by atoms with E-state index in [1.165, 1.54) is 5.56 Å². The summed E-state index contributed by atoms with van der Waals surface area (Å²) >= 11 is 0. The second-order valence-electron chi connectivity index (χ2n) is 7.05. The average Bonchev–Trinajstić information content (AvgIpc) is 2.70. The van der Waals surface area contributed by atoms with Gasteiger partial charge in [0.15, 0.2) is 0 Å². The molecule has 1 nitrogen and oxygen atoms in total. The molecule has 3 aromatic carbocycles. The van der Waals surface area contributed by atoms with Crippen LogP contribution in [0.5, 0.6) is 0 Å². The summed E-state index contributed by atoms with van der Waals surface area (Å²) in [5, 5.41) is 11.9. The number of benzene rings is 3. The molecule has 0 fully saturated rings. The molecule has 3 rings (SSSR count). The maximum atomic E-state index is 11.9. The van der Waals surface area contributed by atoms with Gasteiger partial charge in [-0.15, -0.1) is 0 Å². The van der Waals surface area contributed by atoms with E-state index >= 15 is 0 Å². The van der Waals surface area contributed by atoms with Gasteiger partial charge in [0.1, 0.15) is 5.60 Å². The fourth-order valence-electron chi connectivity index (χ4n) is 3.63. The molecule has 0 aromatic heterocycles.